The zero-order valence-electron chi connectivity index (χ0n) is 9.15. The average molecular weight is 250 g/mol. The minimum absolute atomic E-state index is 0.131. The van der Waals surface area contributed by atoms with Crippen LogP contribution in [-0.2, 0) is 0 Å². The van der Waals surface area contributed by atoms with Crippen molar-refractivity contribution in [3.8, 4) is 0 Å². The van der Waals surface area contributed by atoms with E-state index in [1.54, 1.807) is 0 Å². The van der Waals surface area contributed by atoms with Crippen LogP contribution in [0.25, 0.3) is 0 Å². The van der Waals surface area contributed by atoms with Crippen LogP contribution in [0.2, 0.25) is 0 Å². The van der Waals surface area contributed by atoms with E-state index in [-0.39, 0.29) is 11.5 Å². The predicted octanol–water partition coefficient (Wildman–Crippen LogP) is 0.660. The molecule has 0 aliphatic carbocycles. The number of hydrogen-bond acceptors (Lipinski definition) is 6. The topological polar surface area (TPSA) is 101 Å². The Balaban J connectivity index is 2.12. The van der Waals surface area contributed by atoms with Gasteiger partial charge in [0.15, 0.2) is 23.7 Å². The maximum absolute atomic E-state index is 11.6. The monoisotopic (exact) mass is 250 g/mol. The first-order valence-electron chi connectivity index (χ1n) is 5.13. The van der Waals surface area contributed by atoms with Crippen LogP contribution in [0.1, 0.15) is 21.1 Å². The van der Waals surface area contributed by atoms with Gasteiger partial charge in [0, 0.05) is 0 Å². The first kappa shape index (κ1) is 12.3. The van der Waals surface area contributed by atoms with Gasteiger partial charge in [0.25, 0.3) is 0 Å². The Morgan fingerprint density at radius 2 is 1.28 bits per heavy atom. The summed E-state index contributed by atoms with van der Waals surface area (Å²) in [5.74, 6) is -2.00. The molecule has 2 aromatic heterocycles. The van der Waals surface area contributed by atoms with Gasteiger partial charge in [-0.2, -0.15) is 0 Å². The highest BCUT2D eigenvalue weighted by Gasteiger charge is 2.33. The third kappa shape index (κ3) is 2.24. The second-order valence-electron chi connectivity index (χ2n) is 3.57. The first-order valence-corrected chi connectivity index (χ1v) is 5.13. The predicted molar refractivity (Wildman–Crippen MR) is 58.1 cm³/mol. The smallest absolute Gasteiger partial charge is 0.229 e. The van der Waals surface area contributed by atoms with E-state index in [0.29, 0.717) is 0 Å². The number of carbonyl (C=O) groups is 2. The largest absolute Gasteiger partial charge is 0.461 e. The van der Waals surface area contributed by atoms with Gasteiger partial charge >= 0.3 is 0 Å². The molecule has 2 aromatic rings. The Labute approximate surface area is 101 Å². The fourth-order valence-electron chi connectivity index (χ4n) is 1.42. The van der Waals surface area contributed by atoms with Crippen LogP contribution in [0.3, 0.4) is 0 Å². The van der Waals surface area contributed by atoms with Crippen molar-refractivity contribution in [3.05, 3.63) is 48.3 Å². The molecule has 0 saturated carbocycles. The zero-order chi connectivity index (χ0) is 13.1. The molecule has 18 heavy (non-hydrogen) atoms. The molecule has 0 aromatic carbocycles. The lowest BCUT2D eigenvalue weighted by Gasteiger charge is -2.13. The number of aliphatic hydroxyl groups excluding tert-OH is 2. The highest BCUT2D eigenvalue weighted by Crippen LogP contribution is 2.12. The van der Waals surface area contributed by atoms with Crippen LogP contribution in [0.5, 0.6) is 0 Å². The van der Waals surface area contributed by atoms with Gasteiger partial charge in [-0.25, -0.2) is 0 Å². The molecule has 0 aliphatic rings. The van der Waals surface area contributed by atoms with E-state index in [4.69, 9.17) is 8.83 Å². The summed E-state index contributed by atoms with van der Waals surface area (Å²) in [4.78, 5) is 23.3. The van der Waals surface area contributed by atoms with Crippen molar-refractivity contribution in [1.82, 2.24) is 0 Å². The number of rotatable bonds is 5. The quantitative estimate of drug-likeness (QED) is 0.756. The average Bonchev–Trinajstić information content (AvgIpc) is 3.06. The van der Waals surface area contributed by atoms with Gasteiger partial charge in [0.1, 0.15) is 0 Å². The van der Waals surface area contributed by atoms with Crippen molar-refractivity contribution in [3.63, 3.8) is 0 Å². The maximum atomic E-state index is 11.6. The summed E-state index contributed by atoms with van der Waals surface area (Å²) in [5.41, 5.74) is 0. The molecule has 0 spiro atoms. The van der Waals surface area contributed by atoms with Crippen LogP contribution in [0.4, 0.5) is 0 Å². The molecule has 2 heterocycles. The summed E-state index contributed by atoms with van der Waals surface area (Å²) in [7, 11) is 0. The second kappa shape index (κ2) is 4.99. The molecule has 2 N–H and O–H groups in total. The Hall–Kier alpha value is -2.18. The Kier molecular flexibility index (Phi) is 3.40. The van der Waals surface area contributed by atoms with E-state index in [9.17, 15) is 19.8 Å². The van der Waals surface area contributed by atoms with Gasteiger partial charge in [0.2, 0.25) is 11.6 Å². The van der Waals surface area contributed by atoms with Crippen molar-refractivity contribution in [1.29, 1.82) is 0 Å². The van der Waals surface area contributed by atoms with Crippen LogP contribution in [-0.4, -0.2) is 34.0 Å². The fourth-order valence-corrected chi connectivity index (χ4v) is 1.42. The number of ketones is 2. The molecule has 2 rings (SSSR count). The summed E-state index contributed by atoms with van der Waals surface area (Å²) < 4.78 is 9.56. The van der Waals surface area contributed by atoms with E-state index >= 15 is 0 Å². The summed E-state index contributed by atoms with van der Waals surface area (Å²) in [6.45, 7) is 0. The van der Waals surface area contributed by atoms with E-state index in [1.165, 1.54) is 36.8 Å². The summed E-state index contributed by atoms with van der Waals surface area (Å²) in [6.07, 6.45) is -1.29. The summed E-state index contributed by atoms with van der Waals surface area (Å²) >= 11 is 0. The lowest BCUT2D eigenvalue weighted by Crippen LogP contribution is -2.39. The van der Waals surface area contributed by atoms with Gasteiger partial charge in [-0.1, -0.05) is 0 Å². The third-order valence-corrected chi connectivity index (χ3v) is 2.36. The maximum Gasteiger partial charge on any atom is 0.229 e. The van der Waals surface area contributed by atoms with Gasteiger partial charge in [0.05, 0.1) is 12.5 Å². The lowest BCUT2D eigenvalue weighted by atomic mass is 10.0. The molecule has 0 radical (unpaired) electrons. The Bertz CT molecular complexity index is 475. The Morgan fingerprint density at radius 1 is 0.889 bits per heavy atom. The molecule has 2 atom stereocenters. The second-order valence-corrected chi connectivity index (χ2v) is 3.57. The minimum Gasteiger partial charge on any atom is -0.461 e. The molecule has 94 valence electrons. The number of Topliss-reactive ketones (excluding diaryl/α,β-unsaturated/α-hetero) is 2. The zero-order valence-corrected chi connectivity index (χ0v) is 9.15. The molecule has 6 heteroatoms. The first-order chi connectivity index (χ1) is 8.61. The number of furan rings is 2. The molecule has 0 fully saturated rings. The van der Waals surface area contributed by atoms with E-state index in [0.717, 1.165) is 0 Å². The molecule has 0 aliphatic heterocycles. The Morgan fingerprint density at radius 3 is 1.56 bits per heavy atom. The van der Waals surface area contributed by atoms with Gasteiger partial charge in [-0.3, -0.25) is 9.59 Å². The van der Waals surface area contributed by atoms with Crippen LogP contribution in [0, 0.1) is 0 Å². The molecular formula is C12H10O6. The summed E-state index contributed by atoms with van der Waals surface area (Å²) in [6, 6.07) is 5.58. The van der Waals surface area contributed by atoms with Crippen LogP contribution >= 0.6 is 0 Å². The van der Waals surface area contributed by atoms with Crippen molar-refractivity contribution in [2.45, 2.75) is 12.2 Å². The number of aliphatic hydroxyl groups is 2. The molecule has 0 amide bonds. The van der Waals surface area contributed by atoms with Crippen molar-refractivity contribution in [2.75, 3.05) is 0 Å². The van der Waals surface area contributed by atoms with Crippen molar-refractivity contribution >= 4 is 11.6 Å². The number of carbonyl (C=O) groups excluding carboxylic acids is 2. The van der Waals surface area contributed by atoms with Crippen LogP contribution in [0.15, 0.2) is 45.6 Å². The molecule has 0 unspecified atom stereocenters. The van der Waals surface area contributed by atoms with Gasteiger partial charge < -0.3 is 19.0 Å². The van der Waals surface area contributed by atoms with Gasteiger partial charge in [-0.15, -0.1) is 0 Å². The van der Waals surface area contributed by atoms with E-state index in [1.807, 2.05) is 0 Å². The number of hydrogen-bond donors (Lipinski definition) is 2. The standard InChI is InChI=1S/C12H10O6/c13-9(7-3-1-5-17-7)11(15)12(16)10(14)8-4-2-6-18-8/h1-6,11-12,15-16H/t11-,12+. The third-order valence-electron chi connectivity index (χ3n) is 2.36. The normalized spacial score (nSPS) is 14.1. The highest BCUT2D eigenvalue weighted by atomic mass is 16.4. The van der Waals surface area contributed by atoms with Crippen molar-refractivity contribution < 1.29 is 28.6 Å². The summed E-state index contributed by atoms with van der Waals surface area (Å²) in [5, 5.41) is 19.2. The molecular weight excluding hydrogens is 240 g/mol. The molecule has 6 nitrogen and oxygen atoms in total. The van der Waals surface area contributed by atoms with Gasteiger partial charge in [-0.05, 0) is 24.3 Å². The molecule has 0 saturated heterocycles. The van der Waals surface area contributed by atoms with E-state index in [2.05, 4.69) is 0 Å². The lowest BCUT2D eigenvalue weighted by molar-refractivity contribution is 0.0188. The molecule has 0 bridgehead atoms. The van der Waals surface area contributed by atoms with E-state index < -0.39 is 23.8 Å². The highest BCUT2D eigenvalue weighted by molar-refractivity contribution is 6.05. The van der Waals surface area contributed by atoms with Crippen LogP contribution < -0.4 is 0 Å². The SMILES string of the molecule is O=C(c1ccco1)[C@@H](O)[C@@H](O)C(=O)c1ccco1. The fraction of sp³-hybridized carbons (Fsp3) is 0.167. The van der Waals surface area contributed by atoms with Crippen molar-refractivity contribution in [2.24, 2.45) is 0 Å². The minimum atomic E-state index is -1.89.